The second-order valence-corrected chi connectivity index (χ2v) is 4.65. The van der Waals surface area contributed by atoms with E-state index in [0.717, 1.165) is 25.0 Å². The van der Waals surface area contributed by atoms with Gasteiger partial charge in [-0.1, -0.05) is 5.92 Å². The lowest BCUT2D eigenvalue weighted by atomic mass is 10.2. The first-order valence-corrected chi connectivity index (χ1v) is 6.31. The van der Waals surface area contributed by atoms with Crippen molar-refractivity contribution in [3.05, 3.63) is 0 Å². The van der Waals surface area contributed by atoms with Crippen molar-refractivity contribution in [2.75, 3.05) is 33.7 Å². The van der Waals surface area contributed by atoms with E-state index in [1.807, 2.05) is 0 Å². The third kappa shape index (κ3) is 5.10. The van der Waals surface area contributed by atoms with Crippen molar-refractivity contribution >= 4 is 5.96 Å². The minimum atomic E-state index is 0.516. The van der Waals surface area contributed by atoms with Gasteiger partial charge in [0.1, 0.15) is 0 Å². The van der Waals surface area contributed by atoms with Crippen molar-refractivity contribution in [1.82, 2.24) is 15.5 Å². The van der Waals surface area contributed by atoms with Gasteiger partial charge in [-0.05, 0) is 39.8 Å². The monoisotopic (exact) mass is 236 g/mol. The van der Waals surface area contributed by atoms with Gasteiger partial charge in [0.25, 0.3) is 0 Å². The van der Waals surface area contributed by atoms with Crippen LogP contribution >= 0.6 is 0 Å². The van der Waals surface area contributed by atoms with Gasteiger partial charge in [-0.2, -0.15) is 0 Å². The van der Waals surface area contributed by atoms with Crippen LogP contribution in [0.15, 0.2) is 4.99 Å². The highest BCUT2D eigenvalue weighted by molar-refractivity contribution is 5.80. The summed E-state index contributed by atoms with van der Waals surface area (Å²) in [6.45, 7) is 4.25. The molecule has 96 valence electrons. The van der Waals surface area contributed by atoms with Gasteiger partial charge in [0.05, 0.1) is 13.1 Å². The third-order valence-electron chi connectivity index (χ3n) is 2.97. The van der Waals surface area contributed by atoms with Crippen molar-refractivity contribution in [3.63, 3.8) is 0 Å². The van der Waals surface area contributed by atoms with Crippen LogP contribution in [0.5, 0.6) is 0 Å². The molecule has 0 bridgehead atoms. The molecule has 1 fully saturated rings. The summed E-state index contributed by atoms with van der Waals surface area (Å²) >= 11 is 0. The molecule has 0 saturated heterocycles. The minimum Gasteiger partial charge on any atom is -0.357 e. The molecule has 4 heteroatoms. The van der Waals surface area contributed by atoms with Crippen LogP contribution in [0.3, 0.4) is 0 Å². The first-order chi connectivity index (χ1) is 8.19. The fraction of sp³-hybridized carbons (Fsp3) is 0.769. The molecule has 1 unspecified atom stereocenters. The molecule has 0 aromatic carbocycles. The summed E-state index contributed by atoms with van der Waals surface area (Å²) < 4.78 is 0. The summed E-state index contributed by atoms with van der Waals surface area (Å²) in [7, 11) is 4.25. The van der Waals surface area contributed by atoms with Crippen LogP contribution < -0.4 is 10.6 Å². The Balaban J connectivity index is 2.47. The molecule has 0 aliphatic heterocycles. The van der Waals surface area contributed by atoms with E-state index in [4.69, 9.17) is 6.42 Å². The molecule has 0 amide bonds. The van der Waals surface area contributed by atoms with E-state index in [1.54, 1.807) is 0 Å². The van der Waals surface area contributed by atoms with Crippen molar-refractivity contribution in [2.24, 2.45) is 10.9 Å². The minimum absolute atomic E-state index is 0.516. The smallest absolute Gasteiger partial charge is 0.192 e. The molecule has 4 nitrogen and oxygen atoms in total. The lowest BCUT2D eigenvalue weighted by Gasteiger charge is -2.22. The number of terminal acetylenes is 1. The number of rotatable bonds is 6. The Morgan fingerprint density at radius 2 is 2.18 bits per heavy atom. The average molecular weight is 236 g/mol. The van der Waals surface area contributed by atoms with E-state index < -0.39 is 0 Å². The van der Waals surface area contributed by atoms with E-state index in [-0.39, 0.29) is 0 Å². The summed E-state index contributed by atoms with van der Waals surface area (Å²) in [5, 5.41) is 6.30. The fourth-order valence-electron chi connectivity index (χ4n) is 1.88. The maximum atomic E-state index is 5.23. The molecule has 0 aromatic rings. The van der Waals surface area contributed by atoms with Crippen LogP contribution in [0.4, 0.5) is 0 Å². The Kier molecular flexibility index (Phi) is 5.85. The Labute approximate surface area is 105 Å². The average Bonchev–Trinajstić information content (AvgIpc) is 3.09. The van der Waals surface area contributed by atoms with Crippen molar-refractivity contribution in [2.45, 2.75) is 25.8 Å². The second kappa shape index (κ2) is 7.18. The van der Waals surface area contributed by atoms with Gasteiger partial charge in [0, 0.05) is 12.6 Å². The Bertz CT molecular complexity index is 284. The molecule has 0 aromatic heterocycles. The Morgan fingerprint density at radius 1 is 1.47 bits per heavy atom. The normalized spacial score (nSPS) is 17.7. The predicted octanol–water partition coefficient (Wildman–Crippen LogP) is 0.515. The zero-order valence-electron chi connectivity index (χ0n) is 11.2. The second-order valence-electron chi connectivity index (χ2n) is 4.65. The van der Waals surface area contributed by atoms with Gasteiger partial charge in [0.2, 0.25) is 0 Å². The largest absolute Gasteiger partial charge is 0.357 e. The quantitative estimate of drug-likeness (QED) is 0.401. The summed E-state index contributed by atoms with van der Waals surface area (Å²) in [5.41, 5.74) is 0. The summed E-state index contributed by atoms with van der Waals surface area (Å²) in [6, 6.07) is 0.552. The van der Waals surface area contributed by atoms with Crippen LogP contribution in [0, 0.1) is 18.3 Å². The van der Waals surface area contributed by atoms with E-state index in [1.165, 1.54) is 12.8 Å². The number of nitrogens with zero attached hydrogens (tertiary/aromatic N) is 2. The predicted molar refractivity (Wildman–Crippen MR) is 73.0 cm³/mol. The first-order valence-electron chi connectivity index (χ1n) is 6.31. The molecule has 1 aliphatic rings. The van der Waals surface area contributed by atoms with Gasteiger partial charge in [-0.3, -0.25) is 4.99 Å². The van der Waals surface area contributed by atoms with Crippen molar-refractivity contribution < 1.29 is 0 Å². The van der Waals surface area contributed by atoms with Gasteiger partial charge in [-0.15, -0.1) is 6.42 Å². The van der Waals surface area contributed by atoms with Crippen molar-refractivity contribution in [1.29, 1.82) is 0 Å². The van der Waals surface area contributed by atoms with Gasteiger partial charge < -0.3 is 15.5 Å². The summed E-state index contributed by atoms with van der Waals surface area (Å²) in [5.74, 6) is 4.20. The number of hydrogen-bond acceptors (Lipinski definition) is 2. The highest BCUT2D eigenvalue weighted by Crippen LogP contribution is 2.34. The summed E-state index contributed by atoms with van der Waals surface area (Å²) in [6.07, 6.45) is 7.91. The number of aliphatic imine (C=N–C) groups is 1. The van der Waals surface area contributed by atoms with Crippen molar-refractivity contribution in [3.8, 4) is 12.3 Å². The third-order valence-corrected chi connectivity index (χ3v) is 2.97. The number of nitrogens with one attached hydrogen (secondary N) is 2. The molecule has 1 atom stereocenters. The zero-order chi connectivity index (χ0) is 12.7. The maximum absolute atomic E-state index is 5.23. The number of hydrogen-bond donors (Lipinski definition) is 2. The topological polar surface area (TPSA) is 39.7 Å². The lowest BCUT2D eigenvalue weighted by Crippen LogP contribution is -2.39. The Hall–Kier alpha value is -1.21. The number of guanidine groups is 1. The van der Waals surface area contributed by atoms with Crippen LogP contribution in [-0.2, 0) is 0 Å². The van der Waals surface area contributed by atoms with Gasteiger partial charge in [-0.25, -0.2) is 0 Å². The van der Waals surface area contributed by atoms with E-state index >= 15 is 0 Å². The molecule has 1 saturated carbocycles. The lowest BCUT2D eigenvalue weighted by molar-refractivity contribution is 0.271. The van der Waals surface area contributed by atoms with Crippen LogP contribution in [0.1, 0.15) is 19.8 Å². The van der Waals surface area contributed by atoms with E-state index in [9.17, 15) is 0 Å². The fourth-order valence-corrected chi connectivity index (χ4v) is 1.88. The molecule has 0 spiro atoms. The van der Waals surface area contributed by atoms with Crippen LogP contribution in [0.2, 0.25) is 0 Å². The molecule has 0 radical (unpaired) electrons. The standard InChI is InChI=1S/C13H24N4/c1-5-9-15-13(14-6-2)16-10-12(17(3)4)11-7-8-11/h1,11-12H,6-10H2,2-4H3,(H2,14,15,16). The Morgan fingerprint density at radius 3 is 2.65 bits per heavy atom. The SMILES string of the molecule is C#CCNC(=NCC(C1CC1)N(C)C)NCC. The maximum Gasteiger partial charge on any atom is 0.192 e. The number of likely N-dealkylation sites (N-methyl/N-ethyl adjacent to an activating group) is 1. The summed E-state index contributed by atoms with van der Waals surface area (Å²) in [4.78, 5) is 6.86. The molecule has 1 aliphatic carbocycles. The van der Waals surface area contributed by atoms with E-state index in [2.05, 4.69) is 47.5 Å². The van der Waals surface area contributed by atoms with E-state index in [0.29, 0.717) is 12.6 Å². The molecular weight excluding hydrogens is 212 g/mol. The first kappa shape index (κ1) is 13.9. The zero-order valence-corrected chi connectivity index (χ0v) is 11.2. The van der Waals surface area contributed by atoms with Crippen LogP contribution in [0.25, 0.3) is 0 Å². The molecule has 0 heterocycles. The molecular formula is C13H24N4. The highest BCUT2D eigenvalue weighted by atomic mass is 15.2. The van der Waals surface area contributed by atoms with Gasteiger partial charge in [0.15, 0.2) is 5.96 Å². The molecule has 17 heavy (non-hydrogen) atoms. The van der Waals surface area contributed by atoms with Crippen LogP contribution in [-0.4, -0.2) is 50.6 Å². The molecule has 2 N–H and O–H groups in total. The highest BCUT2D eigenvalue weighted by Gasteiger charge is 2.32. The molecule has 1 rings (SSSR count). The van der Waals surface area contributed by atoms with Gasteiger partial charge >= 0.3 is 0 Å².